The number of unbranched alkanes of at least 4 members (excludes halogenated alkanes) is 2. The van der Waals surface area contributed by atoms with E-state index in [1.807, 2.05) is 22.6 Å². The van der Waals surface area contributed by atoms with Gasteiger partial charge in [0.05, 0.1) is 4.43 Å². The van der Waals surface area contributed by atoms with Gasteiger partial charge in [0, 0.05) is 13.0 Å². The summed E-state index contributed by atoms with van der Waals surface area (Å²) in [7, 11) is 0. The van der Waals surface area contributed by atoms with Crippen LogP contribution in [0.5, 0.6) is 0 Å². The van der Waals surface area contributed by atoms with Crippen LogP contribution in [0.1, 0.15) is 25.7 Å². The molecule has 0 aromatic rings. The first kappa shape index (κ1) is 13.2. The molecule has 0 atom stereocenters. The topological polar surface area (TPSA) is 46.2 Å². The summed E-state index contributed by atoms with van der Waals surface area (Å²) in [6, 6.07) is 0. The lowest BCUT2D eigenvalue weighted by Crippen LogP contribution is -2.25. The SMILES string of the molecule is O=C(S)CCCCCNC(=O)CI. The quantitative estimate of drug-likeness (QED) is 0.324. The van der Waals surface area contributed by atoms with Gasteiger partial charge < -0.3 is 5.32 Å². The van der Waals surface area contributed by atoms with E-state index >= 15 is 0 Å². The highest BCUT2D eigenvalue weighted by Gasteiger charge is 1.97. The third kappa shape index (κ3) is 10.1. The highest BCUT2D eigenvalue weighted by Crippen LogP contribution is 2.01. The van der Waals surface area contributed by atoms with Crippen LogP contribution in [0.15, 0.2) is 0 Å². The Kier molecular flexibility index (Phi) is 8.95. The van der Waals surface area contributed by atoms with E-state index in [2.05, 4.69) is 17.9 Å². The molecule has 0 heterocycles. The van der Waals surface area contributed by atoms with Gasteiger partial charge in [0.2, 0.25) is 5.91 Å². The average Bonchev–Trinajstić information content (AvgIpc) is 2.10. The minimum Gasteiger partial charge on any atom is -0.355 e. The van der Waals surface area contributed by atoms with Crippen molar-refractivity contribution in [3.8, 4) is 0 Å². The van der Waals surface area contributed by atoms with Crippen LogP contribution in [-0.4, -0.2) is 22.0 Å². The molecule has 0 saturated carbocycles. The molecule has 0 aliphatic heterocycles. The molecule has 1 N–H and O–H groups in total. The Morgan fingerprint density at radius 3 is 2.46 bits per heavy atom. The van der Waals surface area contributed by atoms with E-state index in [-0.39, 0.29) is 11.0 Å². The van der Waals surface area contributed by atoms with Crippen molar-refractivity contribution in [2.75, 3.05) is 11.0 Å². The summed E-state index contributed by atoms with van der Waals surface area (Å²) in [5, 5.41) is 2.71. The molecule has 0 spiro atoms. The zero-order valence-corrected chi connectivity index (χ0v) is 10.4. The summed E-state index contributed by atoms with van der Waals surface area (Å²) >= 11 is 5.69. The van der Waals surface area contributed by atoms with Gasteiger partial charge in [-0.05, 0) is 12.8 Å². The Labute approximate surface area is 97.6 Å². The second-order valence-corrected chi connectivity index (χ2v) is 3.95. The largest absolute Gasteiger partial charge is 0.355 e. The highest BCUT2D eigenvalue weighted by atomic mass is 127. The Morgan fingerprint density at radius 2 is 1.92 bits per heavy atom. The van der Waals surface area contributed by atoms with E-state index in [4.69, 9.17) is 0 Å². The van der Waals surface area contributed by atoms with Crippen LogP contribution < -0.4 is 5.32 Å². The minimum absolute atomic E-state index is 0.0590. The van der Waals surface area contributed by atoms with Gasteiger partial charge in [0.1, 0.15) is 0 Å². The zero-order valence-electron chi connectivity index (χ0n) is 7.38. The monoisotopic (exact) mass is 315 g/mol. The smallest absolute Gasteiger partial charge is 0.229 e. The van der Waals surface area contributed by atoms with Crippen molar-refractivity contribution in [2.24, 2.45) is 0 Å². The number of hydrogen-bond acceptors (Lipinski definition) is 2. The first-order valence-electron chi connectivity index (χ1n) is 4.21. The van der Waals surface area contributed by atoms with E-state index in [9.17, 15) is 9.59 Å². The second kappa shape index (κ2) is 8.80. The van der Waals surface area contributed by atoms with Crippen molar-refractivity contribution in [3.63, 3.8) is 0 Å². The predicted octanol–water partition coefficient (Wildman–Crippen LogP) is 1.55. The Hall–Kier alpha value is 0.220. The van der Waals surface area contributed by atoms with Crippen molar-refractivity contribution in [1.82, 2.24) is 5.32 Å². The third-order valence-corrected chi connectivity index (χ3v) is 2.43. The van der Waals surface area contributed by atoms with Crippen molar-refractivity contribution >= 4 is 46.2 Å². The second-order valence-electron chi connectivity index (χ2n) is 2.69. The number of halogens is 1. The fourth-order valence-electron chi connectivity index (χ4n) is 0.853. The lowest BCUT2D eigenvalue weighted by Gasteiger charge is -2.01. The standard InChI is InChI=1S/C8H14INO2S/c9-6-7(11)10-5-3-1-2-4-8(12)13/h1-6H2,(H,10,11)(H,12,13). The van der Waals surface area contributed by atoms with Crippen molar-refractivity contribution in [2.45, 2.75) is 25.7 Å². The van der Waals surface area contributed by atoms with Crippen molar-refractivity contribution in [3.05, 3.63) is 0 Å². The first-order chi connectivity index (χ1) is 6.16. The zero-order chi connectivity index (χ0) is 10.1. The molecule has 13 heavy (non-hydrogen) atoms. The molecule has 0 saturated heterocycles. The normalized spacial score (nSPS) is 9.69. The van der Waals surface area contributed by atoms with Gasteiger partial charge in [-0.3, -0.25) is 9.59 Å². The van der Waals surface area contributed by atoms with Crippen molar-refractivity contribution < 1.29 is 9.59 Å². The van der Waals surface area contributed by atoms with Crippen molar-refractivity contribution in [1.29, 1.82) is 0 Å². The number of carbonyl (C=O) groups is 2. The molecular weight excluding hydrogens is 301 g/mol. The number of thiol groups is 1. The van der Waals surface area contributed by atoms with E-state index < -0.39 is 0 Å². The maximum absolute atomic E-state index is 10.8. The maximum Gasteiger partial charge on any atom is 0.229 e. The average molecular weight is 315 g/mol. The van der Waals surface area contributed by atoms with Crippen LogP contribution in [0.25, 0.3) is 0 Å². The highest BCUT2D eigenvalue weighted by molar-refractivity contribution is 14.1. The number of nitrogens with one attached hydrogen (secondary N) is 1. The summed E-state index contributed by atoms with van der Waals surface area (Å²) in [6.45, 7) is 0.711. The van der Waals surface area contributed by atoms with Gasteiger partial charge >= 0.3 is 0 Å². The molecule has 0 radical (unpaired) electrons. The van der Waals surface area contributed by atoms with E-state index in [1.165, 1.54) is 0 Å². The molecule has 0 rings (SSSR count). The molecule has 0 aliphatic carbocycles. The molecule has 76 valence electrons. The van der Waals surface area contributed by atoms with Crippen LogP contribution in [0, 0.1) is 0 Å². The number of alkyl halides is 1. The summed E-state index contributed by atoms with van der Waals surface area (Å²) in [5.41, 5.74) is 0. The number of amides is 1. The predicted molar refractivity (Wildman–Crippen MR) is 64.4 cm³/mol. The Morgan fingerprint density at radius 1 is 1.23 bits per heavy atom. The van der Waals surface area contributed by atoms with E-state index in [0.29, 0.717) is 17.4 Å². The van der Waals surface area contributed by atoms with Crippen LogP contribution in [0.4, 0.5) is 0 Å². The van der Waals surface area contributed by atoms with Gasteiger partial charge in [-0.15, -0.1) is 12.6 Å². The van der Waals surface area contributed by atoms with Gasteiger partial charge in [0.15, 0.2) is 5.12 Å². The van der Waals surface area contributed by atoms with E-state index in [0.717, 1.165) is 19.3 Å². The summed E-state index contributed by atoms with van der Waals surface area (Å²) in [5.74, 6) is 0.0749. The lowest BCUT2D eigenvalue weighted by molar-refractivity contribution is -0.118. The molecule has 1 amide bonds. The number of rotatable bonds is 7. The molecular formula is C8H14INO2S. The maximum atomic E-state index is 10.8. The molecule has 5 heteroatoms. The lowest BCUT2D eigenvalue weighted by atomic mass is 10.2. The Balaban J connectivity index is 3.08. The fraction of sp³-hybridized carbons (Fsp3) is 0.750. The first-order valence-corrected chi connectivity index (χ1v) is 6.18. The summed E-state index contributed by atoms with van der Waals surface area (Å²) < 4.78 is 0.507. The number of hydrogen-bond donors (Lipinski definition) is 2. The Bertz CT molecular complexity index is 176. The summed E-state index contributed by atoms with van der Waals surface area (Å²) in [4.78, 5) is 21.2. The van der Waals surface area contributed by atoms with Crippen LogP contribution in [0.2, 0.25) is 0 Å². The fourth-order valence-corrected chi connectivity index (χ4v) is 1.28. The molecule has 0 bridgehead atoms. The molecule has 0 aromatic heterocycles. The molecule has 3 nitrogen and oxygen atoms in total. The molecule has 0 aromatic carbocycles. The summed E-state index contributed by atoms with van der Waals surface area (Å²) in [6.07, 6.45) is 3.29. The third-order valence-electron chi connectivity index (χ3n) is 1.51. The van der Waals surface area contributed by atoms with Gasteiger partial charge in [-0.1, -0.05) is 29.0 Å². The van der Waals surface area contributed by atoms with Crippen LogP contribution >= 0.6 is 35.2 Å². The molecule has 0 fully saturated rings. The molecule has 0 unspecified atom stereocenters. The van der Waals surface area contributed by atoms with Gasteiger partial charge in [0.25, 0.3) is 0 Å². The number of carbonyl (C=O) groups excluding carboxylic acids is 2. The van der Waals surface area contributed by atoms with E-state index in [1.54, 1.807) is 0 Å². The van der Waals surface area contributed by atoms with Crippen LogP contribution in [0.3, 0.4) is 0 Å². The van der Waals surface area contributed by atoms with Gasteiger partial charge in [-0.25, -0.2) is 0 Å². The van der Waals surface area contributed by atoms with Gasteiger partial charge in [-0.2, -0.15) is 0 Å². The molecule has 0 aliphatic rings. The minimum atomic E-state index is -0.0590. The van der Waals surface area contributed by atoms with Crippen LogP contribution in [-0.2, 0) is 9.59 Å².